The molecule has 0 aliphatic carbocycles. The number of amides is 2. The summed E-state index contributed by atoms with van der Waals surface area (Å²) in [5.41, 5.74) is -0.168. The summed E-state index contributed by atoms with van der Waals surface area (Å²) in [5, 5.41) is 13.3. The summed E-state index contributed by atoms with van der Waals surface area (Å²) in [6, 6.07) is -0.561. The van der Waals surface area contributed by atoms with E-state index in [9.17, 15) is 27.9 Å². The van der Waals surface area contributed by atoms with Crippen LogP contribution in [0.4, 0.5) is 0 Å². The van der Waals surface area contributed by atoms with Crippen molar-refractivity contribution in [2.24, 2.45) is 5.92 Å². The number of rotatable bonds is 7. The Morgan fingerprint density at radius 1 is 1.50 bits per heavy atom. The third kappa shape index (κ3) is 4.50. The Labute approximate surface area is 171 Å². The number of carboxylic acid groups (broad SMARTS) is 1. The molecule has 0 bridgehead atoms. The Balaban J connectivity index is 2.21. The molecule has 2 heterocycles. The minimum absolute atomic E-state index is 0.115. The fourth-order valence-electron chi connectivity index (χ4n) is 3.13. The first kappa shape index (κ1) is 21.4. The van der Waals surface area contributed by atoms with Crippen LogP contribution in [0.1, 0.15) is 20.3 Å². The predicted molar refractivity (Wildman–Crippen MR) is 90.7 cm³/mol. The van der Waals surface area contributed by atoms with Gasteiger partial charge in [-0.1, -0.05) is 0 Å². The number of carboxylic acids is 1. The average molecular weight is 414 g/mol. The summed E-state index contributed by atoms with van der Waals surface area (Å²) < 4.78 is 34.3. The van der Waals surface area contributed by atoms with Crippen molar-refractivity contribution in [2.45, 2.75) is 29.2 Å². The molecule has 0 aromatic carbocycles. The SMILES string of the molecule is CC(=O)N/C=C/SC1=C(C(=O)O)N2C(=O)[C@H]([C@](C)([Na])OS(=O)(=O)O)[C@H]2C1. The second kappa shape index (κ2) is 7.62. The summed E-state index contributed by atoms with van der Waals surface area (Å²) in [5.74, 6) is -2.99. The second-order valence-electron chi connectivity index (χ2n) is 6.27. The molecule has 0 saturated carbocycles. The zero-order chi connectivity index (χ0) is 19.9. The Kier molecular flexibility index (Phi) is 6.27. The van der Waals surface area contributed by atoms with Gasteiger partial charge in [-0.25, -0.2) is 0 Å². The van der Waals surface area contributed by atoms with E-state index in [1.54, 1.807) is 0 Å². The fourth-order valence-corrected chi connectivity index (χ4v) is 5.90. The number of aliphatic carboxylic acids is 1. The Bertz CT molecular complexity index is 820. The van der Waals surface area contributed by atoms with Crippen molar-refractivity contribution >= 4 is 67.9 Å². The molecule has 0 unspecified atom stereocenters. The van der Waals surface area contributed by atoms with Crippen LogP contribution in [-0.2, 0) is 29.0 Å². The molecule has 3 N–H and O–H groups in total. The molecule has 2 rings (SSSR count). The summed E-state index contributed by atoms with van der Waals surface area (Å²) in [6.45, 7) is 2.72. The van der Waals surface area contributed by atoms with Gasteiger partial charge >= 0.3 is 172 Å². The van der Waals surface area contributed by atoms with E-state index in [1.165, 1.54) is 25.5 Å². The van der Waals surface area contributed by atoms with E-state index >= 15 is 0 Å². The van der Waals surface area contributed by atoms with Crippen LogP contribution >= 0.6 is 11.8 Å². The molecule has 0 spiro atoms. The van der Waals surface area contributed by atoms with Gasteiger partial charge < -0.3 is 0 Å². The Hall–Kier alpha value is -0.890. The van der Waals surface area contributed by atoms with Crippen LogP contribution in [0, 0.1) is 5.92 Å². The minimum atomic E-state index is -4.75. The number of fused-ring (bicyclic) bond motifs is 1. The first-order valence-electron chi connectivity index (χ1n) is 7.41. The molecule has 0 aromatic rings. The normalized spacial score (nSPS) is 25.1. The van der Waals surface area contributed by atoms with Crippen LogP contribution in [0.25, 0.3) is 0 Å². The van der Waals surface area contributed by atoms with Gasteiger partial charge in [0.05, 0.1) is 0 Å². The molecule has 3 atom stereocenters. The van der Waals surface area contributed by atoms with Crippen molar-refractivity contribution in [3.05, 3.63) is 22.2 Å². The maximum absolute atomic E-state index is 12.5. The number of nitrogens with one attached hydrogen (secondary N) is 1. The number of thioether (sulfide) groups is 1. The fraction of sp³-hybridized carbons (Fsp3) is 0.462. The van der Waals surface area contributed by atoms with Crippen molar-refractivity contribution < 1.29 is 36.6 Å². The Morgan fingerprint density at radius 2 is 2.12 bits per heavy atom. The van der Waals surface area contributed by atoms with Gasteiger partial charge in [0.1, 0.15) is 0 Å². The topological polar surface area (TPSA) is 150 Å². The molecule has 138 valence electrons. The molecule has 0 aromatic heterocycles. The molecule has 0 radical (unpaired) electrons. The molecular weight excluding hydrogens is 399 g/mol. The zero-order valence-corrected chi connectivity index (χ0v) is 17.8. The number of hydrogen-bond acceptors (Lipinski definition) is 7. The van der Waals surface area contributed by atoms with Crippen molar-refractivity contribution in [2.75, 3.05) is 0 Å². The van der Waals surface area contributed by atoms with E-state index in [-0.39, 0.29) is 46.0 Å². The predicted octanol–water partition coefficient (Wildman–Crippen LogP) is -0.442. The molecule has 2 amide bonds. The molecule has 26 heavy (non-hydrogen) atoms. The molecular formula is C13H15N2NaO8S2. The van der Waals surface area contributed by atoms with Gasteiger partial charge in [-0.3, -0.25) is 0 Å². The molecule has 2 aliphatic rings. The van der Waals surface area contributed by atoms with E-state index in [2.05, 4.69) is 9.50 Å². The summed E-state index contributed by atoms with van der Waals surface area (Å²) in [6.07, 6.45) is 1.56. The number of nitrogens with zero attached hydrogens (tertiary/aromatic N) is 1. The first-order chi connectivity index (χ1) is 11.8. The van der Waals surface area contributed by atoms with Crippen LogP contribution in [-0.4, -0.2) is 77.6 Å². The molecule has 2 aliphatic heterocycles. The maximum atomic E-state index is 12.5. The molecule has 1 saturated heterocycles. The monoisotopic (exact) mass is 414 g/mol. The van der Waals surface area contributed by atoms with Crippen molar-refractivity contribution in [3.63, 3.8) is 0 Å². The average Bonchev–Trinajstić information content (AvgIpc) is 2.74. The number of carbonyl (C=O) groups excluding carboxylic acids is 2. The van der Waals surface area contributed by atoms with Crippen LogP contribution in [0.15, 0.2) is 22.2 Å². The van der Waals surface area contributed by atoms with Gasteiger partial charge in [0.25, 0.3) is 0 Å². The van der Waals surface area contributed by atoms with E-state index in [0.29, 0.717) is 4.91 Å². The zero-order valence-electron chi connectivity index (χ0n) is 14.1. The standard InChI is InChI=1S/C13H15N2O8S2.Na/c1-6(23-25(20,21)22)10-8-5-9(24-4-3-14-7(2)16)11(13(18)19)15(8)12(10)17;/h3-4,8,10H,5H2,1-2H3,(H,14,16)(H,18,19)(H,20,21,22);/b4-3+;/t8-,10-;/m1./s1. The van der Waals surface area contributed by atoms with E-state index in [1.807, 2.05) is 0 Å². The summed E-state index contributed by atoms with van der Waals surface area (Å²) in [4.78, 5) is 36.4. The van der Waals surface area contributed by atoms with Crippen molar-refractivity contribution in [1.82, 2.24) is 10.2 Å². The number of carbonyl (C=O) groups is 3. The quantitative estimate of drug-likeness (QED) is 0.286. The van der Waals surface area contributed by atoms with Crippen LogP contribution < -0.4 is 5.32 Å². The number of β-lactam (4-membered cyclic amide) rings is 1. The van der Waals surface area contributed by atoms with Gasteiger partial charge in [0.2, 0.25) is 0 Å². The van der Waals surface area contributed by atoms with Crippen LogP contribution in [0.2, 0.25) is 0 Å². The van der Waals surface area contributed by atoms with E-state index < -0.39 is 37.1 Å². The van der Waals surface area contributed by atoms with Gasteiger partial charge in [0.15, 0.2) is 0 Å². The molecule has 1 fully saturated rings. The Morgan fingerprint density at radius 3 is 2.62 bits per heavy atom. The van der Waals surface area contributed by atoms with Crippen LogP contribution in [0.5, 0.6) is 0 Å². The van der Waals surface area contributed by atoms with Gasteiger partial charge in [-0.05, 0) is 0 Å². The summed E-state index contributed by atoms with van der Waals surface area (Å²) >= 11 is 1.17. The third-order valence-corrected chi connectivity index (χ3v) is 6.63. The van der Waals surface area contributed by atoms with E-state index in [4.69, 9.17) is 4.55 Å². The van der Waals surface area contributed by atoms with Gasteiger partial charge in [0, 0.05) is 0 Å². The van der Waals surface area contributed by atoms with Gasteiger partial charge in [-0.15, -0.1) is 0 Å². The second-order valence-corrected chi connectivity index (χ2v) is 10.3. The van der Waals surface area contributed by atoms with Crippen molar-refractivity contribution in [3.8, 4) is 0 Å². The van der Waals surface area contributed by atoms with Crippen molar-refractivity contribution in [1.29, 1.82) is 0 Å². The van der Waals surface area contributed by atoms with Crippen LogP contribution in [0.3, 0.4) is 0 Å². The number of hydrogen-bond donors (Lipinski definition) is 3. The third-order valence-electron chi connectivity index (χ3n) is 3.96. The first-order valence-corrected chi connectivity index (χ1v) is 10.7. The summed E-state index contributed by atoms with van der Waals surface area (Å²) in [7, 11) is -4.75. The van der Waals surface area contributed by atoms with Gasteiger partial charge in [-0.2, -0.15) is 0 Å². The van der Waals surface area contributed by atoms with E-state index in [0.717, 1.165) is 16.7 Å². The molecule has 13 heteroatoms. The molecule has 10 nitrogen and oxygen atoms in total.